The number of hydrazine groups is 1. The lowest BCUT2D eigenvalue weighted by Gasteiger charge is -2.13. The van der Waals surface area contributed by atoms with Crippen molar-refractivity contribution in [2.75, 3.05) is 11.9 Å². The smallest absolute Gasteiger partial charge is 0.257 e. The van der Waals surface area contributed by atoms with Gasteiger partial charge in [0.25, 0.3) is 5.91 Å². The van der Waals surface area contributed by atoms with E-state index in [0.29, 0.717) is 5.70 Å². The van der Waals surface area contributed by atoms with Gasteiger partial charge >= 0.3 is 0 Å². The Morgan fingerprint density at radius 3 is 2.44 bits per heavy atom. The summed E-state index contributed by atoms with van der Waals surface area (Å²) in [7, 11) is 0. The number of carbonyl (C=O) groups excluding carboxylic acids is 1. The van der Waals surface area contributed by atoms with Crippen LogP contribution in [0.25, 0.3) is 16.5 Å². The highest BCUT2D eigenvalue weighted by molar-refractivity contribution is 5.86. The van der Waals surface area contributed by atoms with Crippen LogP contribution in [0.5, 0.6) is 0 Å². The van der Waals surface area contributed by atoms with Crippen molar-refractivity contribution >= 4 is 28.1 Å². The molecule has 0 saturated carbocycles. The minimum absolute atomic E-state index is 0.162. The Bertz CT molecular complexity index is 918. The highest BCUT2D eigenvalue weighted by atomic mass is 16.2. The van der Waals surface area contributed by atoms with Crippen LogP contribution in [0.1, 0.15) is 11.1 Å². The lowest BCUT2D eigenvalue weighted by molar-refractivity contribution is -0.120. The first-order valence-electron chi connectivity index (χ1n) is 8.16. The molecule has 3 aromatic rings. The van der Waals surface area contributed by atoms with Gasteiger partial charge < -0.3 is 5.32 Å². The fourth-order valence-corrected chi connectivity index (χ4v) is 2.59. The number of para-hydroxylation sites is 1. The monoisotopic (exact) mass is 331 g/mol. The molecule has 0 aliphatic carbocycles. The number of rotatable bonds is 6. The van der Waals surface area contributed by atoms with Crippen LogP contribution in [0.4, 0.5) is 5.69 Å². The zero-order valence-electron chi connectivity index (χ0n) is 14.2. The maximum absolute atomic E-state index is 12.0. The third-order valence-corrected chi connectivity index (χ3v) is 4.04. The van der Waals surface area contributed by atoms with Gasteiger partial charge in [0, 0.05) is 5.69 Å². The first-order valence-corrected chi connectivity index (χ1v) is 8.16. The van der Waals surface area contributed by atoms with Crippen molar-refractivity contribution in [2.24, 2.45) is 0 Å². The highest BCUT2D eigenvalue weighted by Crippen LogP contribution is 2.18. The Labute approximate surface area is 147 Å². The van der Waals surface area contributed by atoms with Crippen molar-refractivity contribution in [1.29, 1.82) is 0 Å². The molecule has 0 aliphatic heterocycles. The van der Waals surface area contributed by atoms with Crippen LogP contribution in [-0.4, -0.2) is 12.5 Å². The SMILES string of the molecule is C=C(NNC(=O)CNc1ccccc1C)c1ccc2ccccc2c1. The summed E-state index contributed by atoms with van der Waals surface area (Å²) in [6.07, 6.45) is 0. The first-order chi connectivity index (χ1) is 12.1. The number of hydrogen-bond donors (Lipinski definition) is 3. The number of aryl methyl sites for hydroxylation is 1. The number of hydrogen-bond acceptors (Lipinski definition) is 3. The summed E-state index contributed by atoms with van der Waals surface area (Å²) < 4.78 is 0. The molecular weight excluding hydrogens is 310 g/mol. The van der Waals surface area contributed by atoms with Crippen molar-refractivity contribution in [3.05, 3.63) is 84.4 Å². The van der Waals surface area contributed by atoms with E-state index in [1.165, 1.54) is 5.39 Å². The van der Waals surface area contributed by atoms with Gasteiger partial charge in [-0.25, -0.2) is 0 Å². The van der Waals surface area contributed by atoms with E-state index in [9.17, 15) is 4.79 Å². The van der Waals surface area contributed by atoms with Crippen LogP contribution < -0.4 is 16.2 Å². The van der Waals surface area contributed by atoms with Crippen LogP contribution in [-0.2, 0) is 4.79 Å². The summed E-state index contributed by atoms with van der Waals surface area (Å²) in [5.41, 5.74) is 9.18. The van der Waals surface area contributed by atoms with Crippen LogP contribution >= 0.6 is 0 Å². The molecule has 0 heterocycles. The molecule has 0 saturated heterocycles. The fraction of sp³-hybridized carbons (Fsp3) is 0.0952. The van der Waals surface area contributed by atoms with Crippen molar-refractivity contribution in [2.45, 2.75) is 6.92 Å². The minimum Gasteiger partial charge on any atom is -0.376 e. The summed E-state index contributed by atoms with van der Waals surface area (Å²) in [5, 5.41) is 5.43. The summed E-state index contributed by atoms with van der Waals surface area (Å²) in [6.45, 7) is 6.17. The summed E-state index contributed by atoms with van der Waals surface area (Å²) in [6, 6.07) is 22.0. The molecular formula is C21H21N3O. The highest BCUT2D eigenvalue weighted by Gasteiger charge is 2.04. The molecule has 0 aromatic heterocycles. The van der Waals surface area contributed by atoms with E-state index in [2.05, 4.69) is 34.9 Å². The molecule has 0 bridgehead atoms. The number of fused-ring (bicyclic) bond motifs is 1. The van der Waals surface area contributed by atoms with Gasteiger partial charge in [-0.3, -0.25) is 15.6 Å². The lowest BCUT2D eigenvalue weighted by Crippen LogP contribution is -2.39. The normalized spacial score (nSPS) is 10.3. The van der Waals surface area contributed by atoms with E-state index in [4.69, 9.17) is 0 Å². The number of carbonyl (C=O) groups is 1. The molecule has 0 unspecified atom stereocenters. The van der Waals surface area contributed by atoms with E-state index >= 15 is 0 Å². The fourth-order valence-electron chi connectivity index (χ4n) is 2.59. The quantitative estimate of drug-likeness (QED) is 0.601. The standard InChI is InChI=1S/C21H21N3O/c1-15-7-3-6-10-20(15)22-14-21(25)24-23-16(2)18-12-11-17-8-4-5-9-19(17)13-18/h3-13,22-23H,2,14H2,1H3,(H,24,25). The zero-order chi connectivity index (χ0) is 17.6. The Kier molecular flexibility index (Phi) is 5.00. The van der Waals surface area contributed by atoms with E-state index in [-0.39, 0.29) is 12.5 Å². The van der Waals surface area contributed by atoms with E-state index in [1.54, 1.807) is 0 Å². The van der Waals surface area contributed by atoms with Gasteiger partial charge in [-0.2, -0.15) is 0 Å². The molecule has 25 heavy (non-hydrogen) atoms. The maximum Gasteiger partial charge on any atom is 0.257 e. The van der Waals surface area contributed by atoms with Gasteiger partial charge in [0.15, 0.2) is 0 Å². The van der Waals surface area contributed by atoms with Gasteiger partial charge in [-0.05, 0) is 41.0 Å². The van der Waals surface area contributed by atoms with Gasteiger partial charge in [-0.15, -0.1) is 0 Å². The largest absolute Gasteiger partial charge is 0.376 e. The summed E-state index contributed by atoms with van der Waals surface area (Å²) in [4.78, 5) is 12.0. The molecule has 0 aliphatic rings. The molecule has 126 valence electrons. The van der Waals surface area contributed by atoms with Crippen LogP contribution in [0.15, 0.2) is 73.3 Å². The van der Waals surface area contributed by atoms with Crippen molar-refractivity contribution in [1.82, 2.24) is 10.9 Å². The van der Waals surface area contributed by atoms with Crippen molar-refractivity contribution < 1.29 is 4.79 Å². The molecule has 0 spiro atoms. The van der Waals surface area contributed by atoms with Crippen LogP contribution in [0.3, 0.4) is 0 Å². The number of nitrogens with one attached hydrogen (secondary N) is 3. The van der Waals surface area contributed by atoms with E-state index < -0.39 is 0 Å². The van der Waals surface area contributed by atoms with Gasteiger partial charge in [0.2, 0.25) is 0 Å². The molecule has 0 radical (unpaired) electrons. The maximum atomic E-state index is 12.0. The second-order valence-corrected chi connectivity index (χ2v) is 5.88. The Balaban J connectivity index is 1.54. The third kappa shape index (κ3) is 4.18. The van der Waals surface area contributed by atoms with Crippen LogP contribution in [0.2, 0.25) is 0 Å². The molecule has 0 fully saturated rings. The molecule has 3 aromatic carbocycles. The molecule has 3 rings (SSSR count). The average molecular weight is 331 g/mol. The number of benzene rings is 3. The minimum atomic E-state index is -0.162. The molecule has 4 heteroatoms. The van der Waals surface area contributed by atoms with Gasteiger partial charge in [0.1, 0.15) is 0 Å². The number of anilines is 1. The Morgan fingerprint density at radius 1 is 0.920 bits per heavy atom. The second kappa shape index (κ2) is 7.53. The Hall–Kier alpha value is -3.27. The third-order valence-electron chi connectivity index (χ3n) is 4.04. The molecule has 4 nitrogen and oxygen atoms in total. The summed E-state index contributed by atoms with van der Waals surface area (Å²) >= 11 is 0. The van der Waals surface area contributed by atoms with Gasteiger partial charge in [-0.1, -0.05) is 61.2 Å². The average Bonchev–Trinajstić information content (AvgIpc) is 2.65. The topological polar surface area (TPSA) is 53.2 Å². The van der Waals surface area contributed by atoms with Crippen LogP contribution in [0, 0.1) is 6.92 Å². The zero-order valence-corrected chi connectivity index (χ0v) is 14.2. The Morgan fingerprint density at radius 2 is 1.64 bits per heavy atom. The molecule has 3 N–H and O–H groups in total. The van der Waals surface area contributed by atoms with Crippen molar-refractivity contribution in [3.8, 4) is 0 Å². The second-order valence-electron chi connectivity index (χ2n) is 5.88. The van der Waals surface area contributed by atoms with Crippen molar-refractivity contribution in [3.63, 3.8) is 0 Å². The predicted octanol–water partition coefficient (Wildman–Crippen LogP) is 3.85. The molecule has 0 atom stereocenters. The summed E-state index contributed by atoms with van der Waals surface area (Å²) in [5.74, 6) is -0.162. The van der Waals surface area contributed by atoms with E-state index in [0.717, 1.165) is 22.2 Å². The number of amides is 1. The first kappa shape index (κ1) is 16.6. The van der Waals surface area contributed by atoms with E-state index in [1.807, 2.05) is 61.5 Å². The predicted molar refractivity (Wildman–Crippen MR) is 104 cm³/mol. The molecule has 1 amide bonds. The van der Waals surface area contributed by atoms with Gasteiger partial charge in [0.05, 0.1) is 12.2 Å². The lowest BCUT2D eigenvalue weighted by atomic mass is 10.1.